The molecule has 0 unspecified atom stereocenters. The lowest BCUT2D eigenvalue weighted by Crippen LogP contribution is -2.13. The molecule has 5 aromatic carbocycles. The Kier molecular flexibility index (Phi) is 6.58. The van der Waals surface area contributed by atoms with Crippen molar-refractivity contribution in [1.82, 2.24) is 0 Å². The third-order valence-electron chi connectivity index (χ3n) is 9.30. The number of rotatable bonds is 6. The van der Waals surface area contributed by atoms with Crippen LogP contribution in [0.3, 0.4) is 0 Å². The van der Waals surface area contributed by atoms with E-state index in [1.54, 1.807) is 12.1 Å². The third-order valence-corrected chi connectivity index (χ3v) is 9.30. The number of hydrogen-bond donors (Lipinski definition) is 0. The van der Waals surface area contributed by atoms with Gasteiger partial charge in [0.25, 0.3) is 23.7 Å². The topological polar surface area (TPSA) is 0 Å². The van der Waals surface area contributed by atoms with Crippen molar-refractivity contribution in [3.8, 4) is 44.5 Å². The molecule has 0 atom stereocenters. The molecule has 2 aliphatic carbocycles. The minimum atomic E-state index is -3.49. The summed E-state index contributed by atoms with van der Waals surface area (Å²) in [6, 6.07) is 21.8. The van der Waals surface area contributed by atoms with Gasteiger partial charge >= 0.3 is 0 Å². The standard InChI is InChI=1S/C38H26F8/c1-3-35(39,40)25-11-5-21(6-12-25)23-9-15-27-29-19-34-30(20-33(29)37(43,44)31(27)17-23)28-16-10-24(18-32(28)38(34,45)46)22-7-13-26(14-8-22)36(41,42)4-2/h5-20H,3-4H2,1-2H3. The minimum absolute atomic E-state index is 0.00313. The lowest BCUT2D eigenvalue weighted by molar-refractivity contribution is -0.00880. The second-order valence-electron chi connectivity index (χ2n) is 11.9. The lowest BCUT2D eigenvalue weighted by atomic mass is 9.96. The first kappa shape index (κ1) is 30.2. The van der Waals surface area contributed by atoms with Crippen LogP contribution in [0, 0.1) is 0 Å². The summed E-state index contributed by atoms with van der Waals surface area (Å²) in [5.74, 6) is -13.0. The van der Waals surface area contributed by atoms with E-state index in [2.05, 4.69) is 0 Å². The number of alkyl halides is 8. The lowest BCUT2D eigenvalue weighted by Gasteiger charge is -2.16. The average molecular weight is 635 g/mol. The third kappa shape index (κ3) is 4.40. The highest BCUT2D eigenvalue weighted by atomic mass is 19.3. The summed E-state index contributed by atoms with van der Waals surface area (Å²) in [6.45, 7) is 2.74. The van der Waals surface area contributed by atoms with Crippen molar-refractivity contribution in [2.75, 3.05) is 0 Å². The first-order valence-electron chi connectivity index (χ1n) is 14.9. The molecule has 7 rings (SSSR count). The van der Waals surface area contributed by atoms with E-state index in [0.717, 1.165) is 12.1 Å². The van der Waals surface area contributed by atoms with Crippen LogP contribution in [0.5, 0.6) is 0 Å². The van der Waals surface area contributed by atoms with E-state index < -0.39 is 34.8 Å². The van der Waals surface area contributed by atoms with Gasteiger partial charge < -0.3 is 0 Å². The van der Waals surface area contributed by atoms with Crippen molar-refractivity contribution < 1.29 is 35.1 Å². The highest BCUT2D eigenvalue weighted by molar-refractivity contribution is 5.90. The van der Waals surface area contributed by atoms with Gasteiger partial charge in [-0.05, 0) is 68.8 Å². The Morgan fingerprint density at radius 3 is 1.04 bits per heavy atom. The van der Waals surface area contributed by atoms with Crippen LogP contribution in [0.15, 0.2) is 97.1 Å². The van der Waals surface area contributed by atoms with Crippen LogP contribution in [0.25, 0.3) is 44.5 Å². The van der Waals surface area contributed by atoms with Gasteiger partial charge in [-0.25, -0.2) is 17.6 Å². The Bertz CT molecular complexity index is 1860. The number of hydrogen-bond acceptors (Lipinski definition) is 0. The Morgan fingerprint density at radius 1 is 0.413 bits per heavy atom. The molecule has 0 amide bonds. The van der Waals surface area contributed by atoms with Crippen LogP contribution in [-0.2, 0) is 23.7 Å². The normalized spacial score (nSPS) is 15.7. The molecule has 2 aliphatic rings. The molecule has 0 spiro atoms. The molecule has 46 heavy (non-hydrogen) atoms. The maximum Gasteiger partial charge on any atom is 0.299 e. The maximum absolute atomic E-state index is 16.0. The number of benzene rings is 5. The number of halogens is 8. The SMILES string of the molecule is CCC(F)(F)c1ccc(-c2ccc3c(c2)C(F)(F)c2cc4c(cc2-3)C(F)(F)c2cc(-c3ccc(C(F)(F)CC)cc3)ccc2-4)cc1. The molecule has 234 valence electrons. The summed E-state index contributed by atoms with van der Waals surface area (Å²) < 4.78 is 120. The van der Waals surface area contributed by atoms with Crippen molar-refractivity contribution in [3.63, 3.8) is 0 Å². The largest absolute Gasteiger partial charge is 0.299 e. The van der Waals surface area contributed by atoms with Crippen LogP contribution in [0.2, 0.25) is 0 Å². The van der Waals surface area contributed by atoms with Crippen molar-refractivity contribution in [2.24, 2.45) is 0 Å². The molecule has 0 nitrogen and oxygen atoms in total. The zero-order valence-corrected chi connectivity index (χ0v) is 24.7. The molecular formula is C38H26F8. The van der Waals surface area contributed by atoms with Crippen LogP contribution in [0.1, 0.15) is 60.1 Å². The van der Waals surface area contributed by atoms with Gasteiger partial charge in [-0.2, -0.15) is 17.6 Å². The zero-order chi connectivity index (χ0) is 32.8. The summed E-state index contributed by atoms with van der Waals surface area (Å²) in [7, 11) is 0. The highest BCUT2D eigenvalue weighted by Crippen LogP contribution is 2.58. The van der Waals surface area contributed by atoms with Crippen molar-refractivity contribution in [3.05, 3.63) is 130 Å². The molecule has 0 saturated heterocycles. The molecule has 0 N–H and O–H groups in total. The Morgan fingerprint density at radius 2 is 0.717 bits per heavy atom. The summed E-state index contributed by atoms with van der Waals surface area (Å²) in [6.07, 6.45) is -0.748. The quantitative estimate of drug-likeness (QED) is 0.163. The Hall–Kier alpha value is -4.46. The van der Waals surface area contributed by atoms with Crippen LogP contribution < -0.4 is 0 Å². The molecule has 0 aliphatic heterocycles. The van der Waals surface area contributed by atoms with Crippen LogP contribution in [-0.4, -0.2) is 0 Å². The van der Waals surface area contributed by atoms with Gasteiger partial charge in [0.1, 0.15) is 0 Å². The fraction of sp³-hybridized carbons (Fsp3) is 0.211. The summed E-state index contributed by atoms with van der Waals surface area (Å²) in [5.41, 5.74) is 0.152. The molecule has 8 heteroatoms. The summed E-state index contributed by atoms with van der Waals surface area (Å²) in [5, 5.41) is 0. The summed E-state index contributed by atoms with van der Waals surface area (Å²) in [4.78, 5) is 0. The first-order chi connectivity index (χ1) is 21.7. The van der Waals surface area contributed by atoms with Crippen molar-refractivity contribution in [2.45, 2.75) is 50.4 Å². The van der Waals surface area contributed by atoms with Gasteiger partial charge in [0.05, 0.1) is 0 Å². The van der Waals surface area contributed by atoms with Gasteiger partial charge in [-0.15, -0.1) is 0 Å². The second kappa shape index (κ2) is 10.0. The molecular weight excluding hydrogens is 608 g/mol. The molecule has 0 radical (unpaired) electrons. The first-order valence-corrected chi connectivity index (χ1v) is 14.9. The Labute approximate surface area is 260 Å². The van der Waals surface area contributed by atoms with Crippen molar-refractivity contribution >= 4 is 0 Å². The van der Waals surface area contributed by atoms with Gasteiger partial charge in [0, 0.05) is 46.2 Å². The average Bonchev–Trinajstić information content (AvgIpc) is 3.42. The predicted molar refractivity (Wildman–Crippen MR) is 163 cm³/mol. The van der Waals surface area contributed by atoms with Gasteiger partial charge in [0.2, 0.25) is 0 Å². The van der Waals surface area contributed by atoms with E-state index in [-0.39, 0.29) is 57.3 Å². The van der Waals surface area contributed by atoms with E-state index in [9.17, 15) is 17.6 Å². The zero-order valence-electron chi connectivity index (χ0n) is 24.7. The fourth-order valence-electron chi connectivity index (χ4n) is 6.51. The summed E-state index contributed by atoms with van der Waals surface area (Å²) >= 11 is 0. The molecule has 0 bridgehead atoms. The number of fused-ring (bicyclic) bond motifs is 6. The van der Waals surface area contributed by atoms with Gasteiger partial charge in [-0.3, -0.25) is 0 Å². The predicted octanol–water partition coefficient (Wildman–Crippen LogP) is 12.3. The monoisotopic (exact) mass is 634 g/mol. The van der Waals surface area contributed by atoms with Crippen LogP contribution in [0.4, 0.5) is 35.1 Å². The van der Waals surface area contributed by atoms with Gasteiger partial charge in [-0.1, -0.05) is 86.6 Å². The second-order valence-corrected chi connectivity index (χ2v) is 11.9. The van der Waals surface area contributed by atoms with Crippen LogP contribution >= 0.6 is 0 Å². The van der Waals surface area contributed by atoms with E-state index >= 15 is 17.6 Å². The van der Waals surface area contributed by atoms with E-state index in [1.165, 1.54) is 86.6 Å². The molecule has 0 fully saturated rings. The van der Waals surface area contributed by atoms with E-state index in [1.807, 2.05) is 0 Å². The minimum Gasteiger partial charge on any atom is -0.201 e. The molecule has 0 aromatic heterocycles. The highest BCUT2D eigenvalue weighted by Gasteiger charge is 2.50. The molecule has 5 aromatic rings. The van der Waals surface area contributed by atoms with Crippen molar-refractivity contribution in [1.29, 1.82) is 0 Å². The molecule has 0 heterocycles. The maximum atomic E-state index is 16.0. The van der Waals surface area contributed by atoms with E-state index in [4.69, 9.17) is 0 Å². The van der Waals surface area contributed by atoms with Gasteiger partial charge in [0.15, 0.2) is 0 Å². The Balaban J connectivity index is 1.26. The molecule has 0 saturated carbocycles. The smallest absolute Gasteiger partial charge is 0.201 e. The fourth-order valence-corrected chi connectivity index (χ4v) is 6.51. The van der Waals surface area contributed by atoms with E-state index in [0.29, 0.717) is 22.3 Å².